The van der Waals surface area contributed by atoms with Crippen molar-refractivity contribution in [3.8, 4) is 0 Å². The van der Waals surface area contributed by atoms with Crippen LogP contribution < -0.4 is 5.32 Å². The summed E-state index contributed by atoms with van der Waals surface area (Å²) >= 11 is 0. The van der Waals surface area contributed by atoms with Gasteiger partial charge in [0.25, 0.3) is 0 Å². The van der Waals surface area contributed by atoms with E-state index in [1.54, 1.807) is 0 Å². The summed E-state index contributed by atoms with van der Waals surface area (Å²) in [5, 5.41) is 3.45. The number of hydrogen-bond acceptors (Lipinski definition) is 2. The maximum Gasteiger partial charge on any atom is 0.137 e. The van der Waals surface area contributed by atoms with Crippen LogP contribution in [0.15, 0.2) is 0 Å². The van der Waals surface area contributed by atoms with Crippen molar-refractivity contribution in [3.63, 3.8) is 0 Å². The maximum absolute atomic E-state index is 10.8. The molecule has 0 bridgehead atoms. The van der Waals surface area contributed by atoms with Gasteiger partial charge in [-0.3, -0.25) is 0 Å². The molecule has 2 heteroatoms. The summed E-state index contributed by atoms with van der Waals surface area (Å²) in [7, 11) is 0. The molecule has 76 valence electrons. The molecule has 2 unspecified atom stereocenters. The lowest BCUT2D eigenvalue weighted by atomic mass is 9.99. The maximum atomic E-state index is 10.8. The Morgan fingerprint density at radius 3 is 2.54 bits per heavy atom. The fourth-order valence-electron chi connectivity index (χ4n) is 1.96. The lowest BCUT2D eigenvalue weighted by Crippen LogP contribution is -2.41. The molecule has 0 saturated heterocycles. The fourth-order valence-corrected chi connectivity index (χ4v) is 1.96. The Hall–Kier alpha value is -0.370. The highest BCUT2D eigenvalue weighted by atomic mass is 16.1. The molecule has 0 aliphatic heterocycles. The molecule has 0 spiro atoms. The van der Waals surface area contributed by atoms with Crippen molar-refractivity contribution < 1.29 is 4.79 Å². The van der Waals surface area contributed by atoms with Crippen LogP contribution in [0, 0.1) is 5.92 Å². The first-order valence-electron chi connectivity index (χ1n) is 5.49. The molecule has 1 aliphatic carbocycles. The van der Waals surface area contributed by atoms with Gasteiger partial charge in [0.05, 0.1) is 6.04 Å². The SMILES string of the molecule is CCC(C)C(C=O)NC1CCCC1. The molecule has 0 amide bonds. The van der Waals surface area contributed by atoms with Gasteiger partial charge in [0.15, 0.2) is 0 Å². The van der Waals surface area contributed by atoms with E-state index in [-0.39, 0.29) is 6.04 Å². The lowest BCUT2D eigenvalue weighted by molar-refractivity contribution is -0.110. The Labute approximate surface area is 81.1 Å². The molecule has 0 heterocycles. The average molecular weight is 183 g/mol. The van der Waals surface area contributed by atoms with Crippen molar-refractivity contribution in [2.24, 2.45) is 5.92 Å². The van der Waals surface area contributed by atoms with E-state index in [1.807, 2.05) is 0 Å². The highest BCUT2D eigenvalue weighted by Gasteiger charge is 2.21. The van der Waals surface area contributed by atoms with Crippen LogP contribution in [0.4, 0.5) is 0 Å². The van der Waals surface area contributed by atoms with E-state index >= 15 is 0 Å². The second-order valence-corrected chi connectivity index (χ2v) is 4.20. The van der Waals surface area contributed by atoms with E-state index < -0.39 is 0 Å². The Balaban J connectivity index is 2.33. The third kappa shape index (κ3) is 3.11. The summed E-state index contributed by atoms with van der Waals surface area (Å²) in [6.45, 7) is 4.28. The zero-order chi connectivity index (χ0) is 9.68. The van der Waals surface area contributed by atoms with Crippen LogP contribution in [-0.4, -0.2) is 18.4 Å². The van der Waals surface area contributed by atoms with Crippen LogP contribution in [0.1, 0.15) is 46.0 Å². The van der Waals surface area contributed by atoms with Gasteiger partial charge in [-0.05, 0) is 18.8 Å². The van der Waals surface area contributed by atoms with Crippen molar-refractivity contribution in [2.45, 2.75) is 58.0 Å². The summed E-state index contributed by atoms with van der Waals surface area (Å²) < 4.78 is 0. The Kier molecular flexibility index (Phi) is 4.43. The van der Waals surface area contributed by atoms with Gasteiger partial charge in [-0.1, -0.05) is 33.1 Å². The number of carbonyl (C=O) groups excluding carboxylic acids is 1. The molecule has 1 N–H and O–H groups in total. The van der Waals surface area contributed by atoms with Gasteiger partial charge in [0.2, 0.25) is 0 Å². The van der Waals surface area contributed by atoms with Crippen molar-refractivity contribution in [3.05, 3.63) is 0 Å². The molecule has 1 aliphatic rings. The van der Waals surface area contributed by atoms with Crippen LogP contribution in [0.3, 0.4) is 0 Å². The lowest BCUT2D eigenvalue weighted by Gasteiger charge is -2.22. The highest BCUT2D eigenvalue weighted by molar-refractivity contribution is 5.58. The van der Waals surface area contributed by atoms with Crippen molar-refractivity contribution in [2.75, 3.05) is 0 Å². The summed E-state index contributed by atoms with van der Waals surface area (Å²) in [5.74, 6) is 0.470. The Bertz CT molecular complexity index is 152. The van der Waals surface area contributed by atoms with Crippen LogP contribution in [0.25, 0.3) is 0 Å². The average Bonchev–Trinajstić information content (AvgIpc) is 2.65. The quantitative estimate of drug-likeness (QED) is 0.662. The van der Waals surface area contributed by atoms with Gasteiger partial charge in [-0.2, -0.15) is 0 Å². The first kappa shape index (κ1) is 10.7. The number of hydrogen-bond donors (Lipinski definition) is 1. The number of carbonyl (C=O) groups is 1. The van der Waals surface area contributed by atoms with E-state index in [1.165, 1.54) is 25.7 Å². The van der Waals surface area contributed by atoms with Crippen molar-refractivity contribution in [1.29, 1.82) is 0 Å². The Morgan fingerprint density at radius 2 is 2.08 bits per heavy atom. The minimum atomic E-state index is 0.0769. The van der Waals surface area contributed by atoms with Crippen LogP contribution in [0.5, 0.6) is 0 Å². The molecule has 2 atom stereocenters. The largest absolute Gasteiger partial charge is 0.305 e. The third-order valence-corrected chi connectivity index (χ3v) is 3.19. The van der Waals surface area contributed by atoms with E-state index in [4.69, 9.17) is 0 Å². The van der Waals surface area contributed by atoms with Gasteiger partial charge < -0.3 is 10.1 Å². The summed E-state index contributed by atoms with van der Waals surface area (Å²) in [6, 6.07) is 0.678. The van der Waals surface area contributed by atoms with Crippen LogP contribution in [-0.2, 0) is 4.79 Å². The molecule has 0 radical (unpaired) electrons. The predicted octanol–water partition coefficient (Wildman–Crippen LogP) is 2.13. The second-order valence-electron chi connectivity index (χ2n) is 4.20. The highest BCUT2D eigenvalue weighted by Crippen LogP contribution is 2.19. The number of nitrogens with one attached hydrogen (secondary N) is 1. The molecule has 0 aromatic heterocycles. The molecular weight excluding hydrogens is 162 g/mol. The zero-order valence-corrected chi connectivity index (χ0v) is 8.75. The summed E-state index contributed by atoms with van der Waals surface area (Å²) in [4.78, 5) is 10.8. The number of aldehydes is 1. The second kappa shape index (κ2) is 5.38. The van der Waals surface area contributed by atoms with Gasteiger partial charge in [-0.25, -0.2) is 0 Å². The molecule has 1 rings (SSSR count). The first-order valence-corrected chi connectivity index (χ1v) is 5.49. The Morgan fingerprint density at radius 1 is 1.46 bits per heavy atom. The van der Waals surface area contributed by atoms with E-state index in [2.05, 4.69) is 19.2 Å². The van der Waals surface area contributed by atoms with Gasteiger partial charge in [0.1, 0.15) is 6.29 Å². The molecule has 0 aromatic rings. The van der Waals surface area contributed by atoms with Gasteiger partial charge in [-0.15, -0.1) is 0 Å². The molecule has 13 heavy (non-hydrogen) atoms. The summed E-state index contributed by atoms with van der Waals surface area (Å²) in [5.41, 5.74) is 0. The molecule has 0 aromatic carbocycles. The van der Waals surface area contributed by atoms with E-state index in [0.29, 0.717) is 12.0 Å². The van der Waals surface area contributed by atoms with Crippen LogP contribution >= 0.6 is 0 Å². The molecular formula is C11H21NO. The monoisotopic (exact) mass is 183 g/mol. The third-order valence-electron chi connectivity index (χ3n) is 3.19. The standard InChI is InChI=1S/C11H21NO/c1-3-9(2)11(8-13)12-10-6-4-5-7-10/h8-12H,3-7H2,1-2H3. The van der Waals surface area contributed by atoms with Gasteiger partial charge >= 0.3 is 0 Å². The smallest absolute Gasteiger partial charge is 0.137 e. The first-order chi connectivity index (χ1) is 6.27. The summed E-state index contributed by atoms with van der Waals surface area (Å²) in [6.07, 6.45) is 7.30. The van der Waals surface area contributed by atoms with E-state index in [9.17, 15) is 4.79 Å². The van der Waals surface area contributed by atoms with Crippen molar-refractivity contribution >= 4 is 6.29 Å². The topological polar surface area (TPSA) is 29.1 Å². The molecule has 1 fully saturated rings. The van der Waals surface area contributed by atoms with Crippen LogP contribution in [0.2, 0.25) is 0 Å². The predicted molar refractivity (Wildman–Crippen MR) is 54.7 cm³/mol. The zero-order valence-electron chi connectivity index (χ0n) is 8.75. The van der Waals surface area contributed by atoms with Gasteiger partial charge in [0, 0.05) is 6.04 Å². The molecule has 1 saturated carbocycles. The number of rotatable bonds is 5. The van der Waals surface area contributed by atoms with Crippen molar-refractivity contribution in [1.82, 2.24) is 5.32 Å². The normalized spacial score (nSPS) is 22.9. The fraction of sp³-hybridized carbons (Fsp3) is 0.909. The van der Waals surface area contributed by atoms with E-state index in [0.717, 1.165) is 12.7 Å². The minimum Gasteiger partial charge on any atom is -0.305 e. The minimum absolute atomic E-state index is 0.0769. The molecule has 2 nitrogen and oxygen atoms in total.